The molecule has 1 aromatic rings. The summed E-state index contributed by atoms with van der Waals surface area (Å²) in [5.74, 6) is -1.52. The van der Waals surface area contributed by atoms with Gasteiger partial charge in [0.25, 0.3) is 5.69 Å². The first-order valence-electron chi connectivity index (χ1n) is 3.86. The number of hydrogen-bond donors (Lipinski definition) is 1. The fourth-order valence-corrected chi connectivity index (χ4v) is 0.873. The smallest absolute Gasteiger partial charge is 0.287 e. The predicted molar refractivity (Wildman–Crippen MR) is 47.5 cm³/mol. The standard InChI is InChI=1S/C8H10N2O4/c1-8(11,14-2)7-4-3-6(5-9-7)10(12)13/h3-5,11H,1-2H3. The van der Waals surface area contributed by atoms with Gasteiger partial charge < -0.3 is 9.84 Å². The Morgan fingerprint density at radius 1 is 1.64 bits per heavy atom. The Bertz CT molecular complexity index is 334. The van der Waals surface area contributed by atoms with Gasteiger partial charge in [-0.2, -0.15) is 0 Å². The fraction of sp³-hybridized carbons (Fsp3) is 0.375. The topological polar surface area (TPSA) is 85.5 Å². The SMILES string of the molecule is COC(C)(O)c1ccc([N+](=O)[O-])cn1. The van der Waals surface area contributed by atoms with Crippen LogP contribution in [-0.4, -0.2) is 22.1 Å². The molecule has 1 unspecified atom stereocenters. The van der Waals surface area contributed by atoms with Crippen LogP contribution in [0.1, 0.15) is 12.6 Å². The van der Waals surface area contributed by atoms with E-state index in [2.05, 4.69) is 4.98 Å². The van der Waals surface area contributed by atoms with Crippen LogP contribution in [0.2, 0.25) is 0 Å². The number of pyridine rings is 1. The molecule has 0 radical (unpaired) electrons. The zero-order valence-electron chi connectivity index (χ0n) is 7.80. The van der Waals surface area contributed by atoms with Gasteiger partial charge in [0.15, 0.2) is 0 Å². The molecule has 14 heavy (non-hydrogen) atoms. The predicted octanol–water partition coefficient (Wildman–Crippen LogP) is 0.801. The van der Waals surface area contributed by atoms with Crippen molar-refractivity contribution in [1.82, 2.24) is 4.98 Å². The van der Waals surface area contributed by atoms with Crippen molar-refractivity contribution in [3.63, 3.8) is 0 Å². The highest BCUT2D eigenvalue weighted by atomic mass is 16.6. The van der Waals surface area contributed by atoms with Crippen LogP contribution >= 0.6 is 0 Å². The molecule has 1 N–H and O–H groups in total. The van der Waals surface area contributed by atoms with Crippen molar-refractivity contribution in [3.8, 4) is 0 Å². The highest BCUT2D eigenvalue weighted by molar-refractivity contribution is 5.27. The molecular weight excluding hydrogens is 188 g/mol. The lowest BCUT2D eigenvalue weighted by atomic mass is 10.2. The maximum absolute atomic E-state index is 10.3. The van der Waals surface area contributed by atoms with Crippen molar-refractivity contribution in [1.29, 1.82) is 0 Å². The molecule has 6 nitrogen and oxygen atoms in total. The second-order valence-corrected chi connectivity index (χ2v) is 2.85. The lowest BCUT2D eigenvalue weighted by Crippen LogP contribution is -2.24. The highest BCUT2D eigenvalue weighted by Gasteiger charge is 2.24. The summed E-state index contributed by atoms with van der Waals surface area (Å²) in [6.07, 6.45) is 1.07. The summed E-state index contributed by atoms with van der Waals surface area (Å²) in [4.78, 5) is 13.5. The van der Waals surface area contributed by atoms with Crippen molar-refractivity contribution >= 4 is 5.69 Å². The molecule has 0 fully saturated rings. The minimum absolute atomic E-state index is 0.124. The van der Waals surface area contributed by atoms with Crippen LogP contribution < -0.4 is 0 Å². The highest BCUT2D eigenvalue weighted by Crippen LogP contribution is 2.20. The molecule has 1 heterocycles. The second kappa shape index (κ2) is 3.69. The van der Waals surface area contributed by atoms with Gasteiger partial charge in [-0.25, -0.2) is 4.98 Å². The van der Waals surface area contributed by atoms with Crippen molar-refractivity contribution in [2.45, 2.75) is 12.7 Å². The second-order valence-electron chi connectivity index (χ2n) is 2.85. The molecule has 0 bridgehead atoms. The van der Waals surface area contributed by atoms with Crippen LogP contribution in [0.4, 0.5) is 5.69 Å². The number of aliphatic hydroxyl groups is 1. The average Bonchev–Trinajstić information content (AvgIpc) is 2.18. The number of ether oxygens (including phenoxy) is 1. The monoisotopic (exact) mass is 198 g/mol. The number of aromatic nitrogens is 1. The van der Waals surface area contributed by atoms with E-state index in [4.69, 9.17) is 4.74 Å². The molecule has 1 atom stereocenters. The zero-order valence-corrected chi connectivity index (χ0v) is 7.80. The summed E-state index contributed by atoms with van der Waals surface area (Å²) in [5, 5.41) is 19.9. The van der Waals surface area contributed by atoms with Crippen LogP contribution in [-0.2, 0) is 10.5 Å². The number of nitro groups is 1. The maximum Gasteiger partial charge on any atom is 0.287 e. The van der Waals surface area contributed by atoms with Gasteiger partial charge in [0.1, 0.15) is 6.20 Å². The average molecular weight is 198 g/mol. The van der Waals surface area contributed by atoms with Crippen LogP contribution in [0.15, 0.2) is 18.3 Å². The molecule has 6 heteroatoms. The Balaban J connectivity index is 2.99. The molecule has 0 aliphatic rings. The Hall–Kier alpha value is -1.53. The van der Waals surface area contributed by atoms with Gasteiger partial charge in [0.05, 0.1) is 10.6 Å². The normalized spacial score (nSPS) is 14.8. The first-order chi connectivity index (χ1) is 6.47. The minimum Gasteiger partial charge on any atom is -0.361 e. The first-order valence-corrected chi connectivity index (χ1v) is 3.86. The van der Waals surface area contributed by atoms with Gasteiger partial charge in [-0.15, -0.1) is 0 Å². The third-order valence-electron chi connectivity index (χ3n) is 1.83. The van der Waals surface area contributed by atoms with Crippen LogP contribution in [0.3, 0.4) is 0 Å². The Morgan fingerprint density at radius 2 is 2.29 bits per heavy atom. The van der Waals surface area contributed by atoms with E-state index in [9.17, 15) is 15.2 Å². The van der Waals surface area contributed by atoms with Crippen LogP contribution in [0, 0.1) is 10.1 Å². The zero-order chi connectivity index (χ0) is 10.8. The van der Waals surface area contributed by atoms with Crippen LogP contribution in [0.5, 0.6) is 0 Å². The van der Waals surface area contributed by atoms with E-state index in [1.54, 1.807) is 0 Å². The summed E-state index contributed by atoms with van der Waals surface area (Å²) in [5.41, 5.74) is 0.103. The first kappa shape index (κ1) is 10.6. The van der Waals surface area contributed by atoms with Gasteiger partial charge in [-0.05, 0) is 13.0 Å². The fourth-order valence-electron chi connectivity index (χ4n) is 0.873. The quantitative estimate of drug-likeness (QED) is 0.441. The van der Waals surface area contributed by atoms with E-state index in [0.29, 0.717) is 0 Å². The summed E-state index contributed by atoms with van der Waals surface area (Å²) in [6.45, 7) is 1.40. The number of methoxy groups -OCH3 is 1. The summed E-state index contributed by atoms with van der Waals surface area (Å²) in [6, 6.07) is 2.61. The Kier molecular flexibility index (Phi) is 2.78. The van der Waals surface area contributed by atoms with E-state index in [0.717, 1.165) is 6.20 Å². The molecule has 0 saturated heterocycles. The molecule has 0 spiro atoms. The van der Waals surface area contributed by atoms with Gasteiger partial charge in [-0.3, -0.25) is 10.1 Å². The van der Waals surface area contributed by atoms with Gasteiger partial charge >= 0.3 is 0 Å². The molecule has 0 aromatic carbocycles. The summed E-state index contributed by atoms with van der Waals surface area (Å²) >= 11 is 0. The van der Waals surface area contributed by atoms with Gasteiger partial charge in [0.2, 0.25) is 5.79 Å². The Labute approximate surface area is 80.3 Å². The van der Waals surface area contributed by atoms with E-state index in [-0.39, 0.29) is 11.4 Å². The molecule has 1 aromatic heterocycles. The van der Waals surface area contributed by atoms with Crippen molar-refractivity contribution in [3.05, 3.63) is 34.1 Å². The van der Waals surface area contributed by atoms with E-state index >= 15 is 0 Å². The number of hydrogen-bond acceptors (Lipinski definition) is 5. The molecule has 1 rings (SSSR count). The lowest BCUT2D eigenvalue weighted by Gasteiger charge is -2.19. The molecule has 0 amide bonds. The molecule has 0 aliphatic heterocycles. The molecule has 76 valence electrons. The Morgan fingerprint density at radius 3 is 2.64 bits per heavy atom. The largest absolute Gasteiger partial charge is 0.361 e. The number of rotatable bonds is 3. The molecular formula is C8H10N2O4. The third-order valence-corrected chi connectivity index (χ3v) is 1.83. The molecule has 0 aliphatic carbocycles. The van der Waals surface area contributed by atoms with E-state index in [1.165, 1.54) is 26.2 Å². The third kappa shape index (κ3) is 2.04. The van der Waals surface area contributed by atoms with Crippen molar-refractivity contribution < 1.29 is 14.8 Å². The van der Waals surface area contributed by atoms with Gasteiger partial charge in [0, 0.05) is 13.2 Å². The molecule has 0 saturated carbocycles. The van der Waals surface area contributed by atoms with Crippen molar-refractivity contribution in [2.24, 2.45) is 0 Å². The van der Waals surface area contributed by atoms with E-state index in [1.807, 2.05) is 0 Å². The van der Waals surface area contributed by atoms with Crippen molar-refractivity contribution in [2.75, 3.05) is 7.11 Å². The van der Waals surface area contributed by atoms with E-state index < -0.39 is 10.7 Å². The summed E-state index contributed by atoms with van der Waals surface area (Å²) < 4.78 is 4.75. The summed E-state index contributed by atoms with van der Waals surface area (Å²) in [7, 11) is 1.32. The number of nitrogens with zero attached hydrogens (tertiary/aromatic N) is 2. The lowest BCUT2D eigenvalue weighted by molar-refractivity contribution is -0.385. The van der Waals surface area contributed by atoms with Gasteiger partial charge in [-0.1, -0.05) is 0 Å². The van der Waals surface area contributed by atoms with Crippen LogP contribution in [0.25, 0.3) is 0 Å². The minimum atomic E-state index is -1.52. The maximum atomic E-state index is 10.3.